The number of hydrogen-bond acceptors (Lipinski definition) is 2. The van der Waals surface area contributed by atoms with Crippen molar-refractivity contribution in [2.24, 2.45) is 0 Å². The molecule has 0 aliphatic heterocycles. The average molecular weight is 487 g/mol. The first-order valence-corrected chi connectivity index (χ1v) is 12.9. The monoisotopic (exact) mass is 486 g/mol. The van der Waals surface area contributed by atoms with E-state index in [4.69, 9.17) is 5.73 Å². The van der Waals surface area contributed by atoms with Crippen LogP contribution in [0.2, 0.25) is 0 Å². The number of rotatable bonds is 4. The summed E-state index contributed by atoms with van der Waals surface area (Å²) in [5.74, 6) is 0. The number of nitrogen functional groups attached to an aromatic ring is 1. The zero-order valence-corrected chi connectivity index (χ0v) is 20.9. The van der Waals surface area contributed by atoms with Crippen LogP contribution in [-0.4, -0.2) is 0 Å². The quantitative estimate of drug-likeness (QED) is 0.198. The number of benzene rings is 7. The molecule has 2 nitrogen and oxygen atoms in total. The molecule has 38 heavy (non-hydrogen) atoms. The van der Waals surface area contributed by atoms with Gasteiger partial charge in [-0.25, -0.2) is 0 Å². The second kappa shape index (κ2) is 9.10. The highest BCUT2D eigenvalue weighted by Crippen LogP contribution is 2.45. The Bertz CT molecular complexity index is 1890. The minimum Gasteiger partial charge on any atom is -0.398 e. The van der Waals surface area contributed by atoms with E-state index < -0.39 is 0 Å². The van der Waals surface area contributed by atoms with Crippen molar-refractivity contribution in [1.82, 2.24) is 0 Å². The molecule has 7 aromatic rings. The number of hydrogen-bond donors (Lipinski definition) is 1. The second-order valence-corrected chi connectivity index (χ2v) is 9.60. The van der Waals surface area contributed by atoms with Crippen molar-refractivity contribution >= 4 is 55.1 Å². The molecule has 0 aromatic heterocycles. The van der Waals surface area contributed by atoms with Crippen molar-refractivity contribution in [2.45, 2.75) is 0 Å². The third-order valence-electron chi connectivity index (χ3n) is 7.36. The van der Waals surface area contributed by atoms with Crippen LogP contribution in [0.4, 0.5) is 22.7 Å². The molecule has 0 amide bonds. The Kier molecular flexibility index (Phi) is 5.30. The molecule has 0 atom stereocenters. The standard InChI is InChI=1S/C36H26N2/c37-33-21-11-13-26-24-25-12-7-8-18-29(25)36(35(26)33)32-22-23-34(31-20-10-9-19-30(31)32)38(27-14-3-1-4-15-27)28-16-5-2-6-17-28/h1-24H,37H2. The van der Waals surface area contributed by atoms with Crippen molar-refractivity contribution in [1.29, 1.82) is 0 Å². The third-order valence-corrected chi connectivity index (χ3v) is 7.36. The van der Waals surface area contributed by atoms with E-state index in [1.807, 2.05) is 12.1 Å². The van der Waals surface area contributed by atoms with E-state index in [1.165, 1.54) is 32.7 Å². The predicted molar refractivity (Wildman–Crippen MR) is 163 cm³/mol. The van der Waals surface area contributed by atoms with E-state index in [-0.39, 0.29) is 0 Å². The lowest BCUT2D eigenvalue weighted by atomic mass is 9.88. The summed E-state index contributed by atoms with van der Waals surface area (Å²) in [6.45, 7) is 0. The fraction of sp³-hybridized carbons (Fsp3) is 0. The fourth-order valence-corrected chi connectivity index (χ4v) is 5.71. The van der Waals surface area contributed by atoms with Gasteiger partial charge in [-0.2, -0.15) is 0 Å². The molecular formula is C36H26N2. The van der Waals surface area contributed by atoms with Crippen molar-refractivity contribution < 1.29 is 0 Å². The van der Waals surface area contributed by atoms with Gasteiger partial charge in [0.25, 0.3) is 0 Å². The van der Waals surface area contributed by atoms with Gasteiger partial charge >= 0.3 is 0 Å². The summed E-state index contributed by atoms with van der Waals surface area (Å²) < 4.78 is 0. The first kappa shape index (κ1) is 22.1. The molecule has 0 radical (unpaired) electrons. The lowest BCUT2D eigenvalue weighted by Crippen LogP contribution is -2.10. The summed E-state index contributed by atoms with van der Waals surface area (Å²) in [6, 6.07) is 51.4. The topological polar surface area (TPSA) is 29.3 Å². The molecule has 0 bridgehead atoms. The molecule has 7 aromatic carbocycles. The van der Waals surface area contributed by atoms with Gasteiger partial charge in [0.15, 0.2) is 0 Å². The highest BCUT2D eigenvalue weighted by Gasteiger charge is 2.19. The molecule has 0 saturated heterocycles. The second-order valence-electron chi connectivity index (χ2n) is 9.60. The van der Waals surface area contributed by atoms with Gasteiger partial charge in [0.05, 0.1) is 5.69 Å². The smallest absolute Gasteiger partial charge is 0.0540 e. The van der Waals surface area contributed by atoms with Gasteiger partial charge in [-0.05, 0) is 69.6 Å². The molecule has 0 unspecified atom stereocenters. The summed E-state index contributed by atoms with van der Waals surface area (Å²) in [6.07, 6.45) is 0. The Balaban J connectivity index is 1.57. The molecule has 2 N–H and O–H groups in total. The van der Waals surface area contributed by atoms with E-state index in [0.29, 0.717) is 0 Å². The van der Waals surface area contributed by atoms with E-state index >= 15 is 0 Å². The van der Waals surface area contributed by atoms with Crippen LogP contribution >= 0.6 is 0 Å². The molecular weight excluding hydrogens is 460 g/mol. The maximum atomic E-state index is 6.65. The van der Waals surface area contributed by atoms with E-state index in [9.17, 15) is 0 Å². The van der Waals surface area contributed by atoms with Gasteiger partial charge < -0.3 is 10.6 Å². The SMILES string of the molecule is Nc1cccc2cc3ccccc3c(-c3ccc(N(c4ccccc4)c4ccccc4)c4ccccc34)c12. The number of fused-ring (bicyclic) bond motifs is 3. The van der Waals surface area contributed by atoms with Gasteiger partial charge in [0.1, 0.15) is 0 Å². The Hall–Kier alpha value is -5.08. The Labute approximate surface area is 222 Å². The van der Waals surface area contributed by atoms with Crippen LogP contribution in [0.1, 0.15) is 0 Å². The molecule has 0 aliphatic carbocycles. The van der Waals surface area contributed by atoms with Crippen molar-refractivity contribution in [3.8, 4) is 11.1 Å². The maximum absolute atomic E-state index is 6.65. The first-order chi connectivity index (χ1) is 18.8. The molecule has 0 saturated carbocycles. The van der Waals surface area contributed by atoms with Gasteiger partial charge in [-0.1, -0.05) is 103 Å². The van der Waals surface area contributed by atoms with Crippen LogP contribution in [0, 0.1) is 0 Å². The van der Waals surface area contributed by atoms with Gasteiger partial charge in [0.2, 0.25) is 0 Å². The summed E-state index contributed by atoms with van der Waals surface area (Å²) >= 11 is 0. The van der Waals surface area contributed by atoms with E-state index in [2.05, 4.69) is 138 Å². The van der Waals surface area contributed by atoms with E-state index in [0.717, 1.165) is 33.5 Å². The molecule has 2 heteroatoms. The average Bonchev–Trinajstić information content (AvgIpc) is 2.98. The normalized spacial score (nSPS) is 11.3. The van der Waals surface area contributed by atoms with Gasteiger partial charge in [0, 0.05) is 33.4 Å². The molecule has 0 heterocycles. The minimum absolute atomic E-state index is 0.798. The fourth-order valence-electron chi connectivity index (χ4n) is 5.71. The minimum atomic E-state index is 0.798. The summed E-state index contributed by atoms with van der Waals surface area (Å²) in [5.41, 5.74) is 13.2. The molecule has 0 fully saturated rings. The lowest BCUT2D eigenvalue weighted by molar-refractivity contribution is 1.30. The maximum Gasteiger partial charge on any atom is 0.0540 e. The summed E-state index contributed by atoms with van der Waals surface area (Å²) in [5, 5.41) is 7.06. The predicted octanol–water partition coefficient (Wildman–Crippen LogP) is 9.87. The Morgan fingerprint density at radius 2 is 1.03 bits per heavy atom. The van der Waals surface area contributed by atoms with Crippen LogP contribution in [0.25, 0.3) is 43.4 Å². The first-order valence-electron chi connectivity index (χ1n) is 12.9. The van der Waals surface area contributed by atoms with Crippen LogP contribution in [0.5, 0.6) is 0 Å². The van der Waals surface area contributed by atoms with Crippen molar-refractivity contribution in [2.75, 3.05) is 10.6 Å². The third kappa shape index (κ3) is 3.58. The number of nitrogens with zero attached hydrogens (tertiary/aromatic N) is 1. The van der Waals surface area contributed by atoms with Crippen molar-refractivity contribution in [3.05, 3.63) is 146 Å². The zero-order valence-electron chi connectivity index (χ0n) is 20.9. The molecule has 180 valence electrons. The molecule has 0 spiro atoms. The summed E-state index contributed by atoms with van der Waals surface area (Å²) in [4.78, 5) is 2.34. The number of anilines is 4. The largest absolute Gasteiger partial charge is 0.398 e. The van der Waals surface area contributed by atoms with E-state index in [1.54, 1.807) is 0 Å². The van der Waals surface area contributed by atoms with Gasteiger partial charge in [-0.3, -0.25) is 0 Å². The lowest BCUT2D eigenvalue weighted by Gasteiger charge is -2.27. The van der Waals surface area contributed by atoms with Crippen LogP contribution in [0.15, 0.2) is 146 Å². The van der Waals surface area contributed by atoms with Crippen molar-refractivity contribution in [3.63, 3.8) is 0 Å². The number of para-hydroxylation sites is 2. The van der Waals surface area contributed by atoms with Crippen LogP contribution in [-0.2, 0) is 0 Å². The highest BCUT2D eigenvalue weighted by molar-refractivity contribution is 6.21. The molecule has 7 rings (SSSR count). The highest BCUT2D eigenvalue weighted by atomic mass is 15.1. The Morgan fingerprint density at radius 1 is 0.447 bits per heavy atom. The molecule has 0 aliphatic rings. The van der Waals surface area contributed by atoms with Crippen LogP contribution in [0.3, 0.4) is 0 Å². The Morgan fingerprint density at radius 3 is 1.74 bits per heavy atom. The van der Waals surface area contributed by atoms with Crippen LogP contribution < -0.4 is 10.6 Å². The number of nitrogens with two attached hydrogens (primary N) is 1. The van der Waals surface area contributed by atoms with Gasteiger partial charge in [-0.15, -0.1) is 0 Å². The summed E-state index contributed by atoms with van der Waals surface area (Å²) in [7, 11) is 0. The zero-order chi connectivity index (χ0) is 25.5.